The van der Waals surface area contributed by atoms with Gasteiger partial charge in [-0.1, -0.05) is 25.0 Å². The van der Waals surface area contributed by atoms with Crippen LogP contribution in [0.3, 0.4) is 0 Å². The summed E-state index contributed by atoms with van der Waals surface area (Å²) >= 11 is 0. The normalized spacial score (nSPS) is 21.7. The molecule has 124 valence electrons. The van der Waals surface area contributed by atoms with Gasteiger partial charge in [0.05, 0.1) is 13.0 Å². The topological polar surface area (TPSA) is 58.6 Å². The van der Waals surface area contributed by atoms with Gasteiger partial charge in [-0.3, -0.25) is 9.59 Å². The number of nitrogens with zero attached hydrogens (tertiary/aromatic N) is 1. The number of likely N-dealkylation sites (tertiary alicyclic amines) is 1. The van der Waals surface area contributed by atoms with Gasteiger partial charge in [0.25, 0.3) is 0 Å². The molecule has 1 atom stereocenters. The van der Waals surface area contributed by atoms with E-state index in [1.807, 2.05) is 24.3 Å². The fourth-order valence-corrected chi connectivity index (χ4v) is 3.44. The fourth-order valence-electron chi connectivity index (χ4n) is 3.44. The molecule has 1 aliphatic heterocycles. The van der Waals surface area contributed by atoms with Crippen LogP contribution in [0.15, 0.2) is 24.3 Å². The summed E-state index contributed by atoms with van der Waals surface area (Å²) in [6.45, 7) is 1.07. The zero-order valence-electron chi connectivity index (χ0n) is 13.6. The molecule has 1 aromatic carbocycles. The maximum atomic E-state index is 12.3. The number of hydrogen-bond acceptors (Lipinski definition) is 3. The van der Waals surface area contributed by atoms with E-state index < -0.39 is 0 Å². The van der Waals surface area contributed by atoms with E-state index in [2.05, 4.69) is 5.32 Å². The number of methoxy groups -OCH3 is 1. The number of ether oxygens (including phenoxy) is 1. The Bertz CT molecular complexity index is 564. The van der Waals surface area contributed by atoms with Crippen LogP contribution in [0.5, 0.6) is 5.75 Å². The Hall–Kier alpha value is -2.04. The van der Waals surface area contributed by atoms with Crippen molar-refractivity contribution in [3.05, 3.63) is 29.8 Å². The molecule has 0 unspecified atom stereocenters. The van der Waals surface area contributed by atoms with E-state index in [4.69, 9.17) is 4.74 Å². The molecule has 0 radical (unpaired) electrons. The maximum Gasteiger partial charge on any atom is 0.225 e. The van der Waals surface area contributed by atoms with Crippen molar-refractivity contribution in [2.45, 2.75) is 44.7 Å². The van der Waals surface area contributed by atoms with Crippen LogP contribution in [0.4, 0.5) is 0 Å². The average molecular weight is 316 g/mol. The van der Waals surface area contributed by atoms with Crippen LogP contribution >= 0.6 is 0 Å². The van der Waals surface area contributed by atoms with Gasteiger partial charge in [0.2, 0.25) is 11.8 Å². The third kappa shape index (κ3) is 3.84. The van der Waals surface area contributed by atoms with Crippen molar-refractivity contribution in [3.8, 4) is 5.75 Å². The number of nitrogens with one attached hydrogen (secondary N) is 1. The monoisotopic (exact) mass is 316 g/mol. The Kier molecular flexibility index (Phi) is 4.84. The van der Waals surface area contributed by atoms with Crippen LogP contribution in [0.2, 0.25) is 0 Å². The van der Waals surface area contributed by atoms with Gasteiger partial charge >= 0.3 is 0 Å². The SMILES string of the molecule is COc1ccc(CN2C[C@H](C(=O)NC3CCCC3)CC2=O)cc1. The molecule has 1 aliphatic carbocycles. The molecule has 3 rings (SSSR count). The zero-order valence-corrected chi connectivity index (χ0v) is 13.6. The average Bonchev–Trinajstić information content (AvgIpc) is 3.18. The van der Waals surface area contributed by atoms with Gasteiger partial charge in [-0.05, 0) is 30.5 Å². The molecular formula is C18H24N2O3. The summed E-state index contributed by atoms with van der Waals surface area (Å²) in [5, 5.41) is 3.11. The van der Waals surface area contributed by atoms with E-state index in [1.54, 1.807) is 12.0 Å². The van der Waals surface area contributed by atoms with Gasteiger partial charge in [-0.25, -0.2) is 0 Å². The Morgan fingerprint density at radius 2 is 1.96 bits per heavy atom. The number of hydrogen-bond donors (Lipinski definition) is 1. The van der Waals surface area contributed by atoms with Crippen molar-refractivity contribution in [1.82, 2.24) is 10.2 Å². The lowest BCUT2D eigenvalue weighted by Crippen LogP contribution is -2.38. The minimum Gasteiger partial charge on any atom is -0.497 e. The van der Waals surface area contributed by atoms with Crippen LogP contribution in [0.25, 0.3) is 0 Å². The first-order chi connectivity index (χ1) is 11.2. The minimum atomic E-state index is -0.207. The van der Waals surface area contributed by atoms with E-state index in [0.29, 0.717) is 25.6 Å². The van der Waals surface area contributed by atoms with Crippen molar-refractivity contribution in [1.29, 1.82) is 0 Å². The Balaban J connectivity index is 1.54. The number of carbonyl (C=O) groups excluding carboxylic acids is 2. The van der Waals surface area contributed by atoms with Crippen molar-refractivity contribution < 1.29 is 14.3 Å². The van der Waals surface area contributed by atoms with Crippen LogP contribution in [0.1, 0.15) is 37.7 Å². The van der Waals surface area contributed by atoms with Gasteiger partial charge in [0.1, 0.15) is 5.75 Å². The molecule has 2 amide bonds. The second-order valence-corrected chi connectivity index (χ2v) is 6.51. The van der Waals surface area contributed by atoms with E-state index in [-0.39, 0.29) is 17.7 Å². The first-order valence-electron chi connectivity index (χ1n) is 8.37. The second-order valence-electron chi connectivity index (χ2n) is 6.51. The van der Waals surface area contributed by atoms with E-state index in [0.717, 1.165) is 24.2 Å². The molecule has 2 aliphatic rings. The van der Waals surface area contributed by atoms with Gasteiger partial charge in [0, 0.05) is 25.6 Å². The highest BCUT2D eigenvalue weighted by molar-refractivity contribution is 5.89. The van der Waals surface area contributed by atoms with Crippen molar-refractivity contribution >= 4 is 11.8 Å². The van der Waals surface area contributed by atoms with Crippen LogP contribution < -0.4 is 10.1 Å². The predicted molar refractivity (Wildman–Crippen MR) is 86.9 cm³/mol. The highest BCUT2D eigenvalue weighted by atomic mass is 16.5. The molecule has 1 heterocycles. The lowest BCUT2D eigenvalue weighted by molar-refractivity contribution is -0.129. The van der Waals surface area contributed by atoms with Gasteiger partial charge in [-0.2, -0.15) is 0 Å². The minimum absolute atomic E-state index is 0.0440. The lowest BCUT2D eigenvalue weighted by atomic mass is 10.1. The molecule has 0 aromatic heterocycles. The number of rotatable bonds is 5. The molecule has 2 fully saturated rings. The van der Waals surface area contributed by atoms with Crippen molar-refractivity contribution in [2.24, 2.45) is 5.92 Å². The largest absolute Gasteiger partial charge is 0.497 e. The molecule has 0 spiro atoms. The molecule has 1 saturated carbocycles. The lowest BCUT2D eigenvalue weighted by Gasteiger charge is -2.18. The van der Waals surface area contributed by atoms with Crippen LogP contribution in [-0.2, 0) is 16.1 Å². The summed E-state index contributed by atoms with van der Waals surface area (Å²) in [5.41, 5.74) is 1.05. The summed E-state index contributed by atoms with van der Waals surface area (Å²) in [4.78, 5) is 26.3. The summed E-state index contributed by atoms with van der Waals surface area (Å²) in [6.07, 6.45) is 4.86. The predicted octanol–water partition coefficient (Wildman–Crippen LogP) is 2.10. The van der Waals surface area contributed by atoms with Crippen LogP contribution in [0, 0.1) is 5.92 Å². The summed E-state index contributed by atoms with van der Waals surface area (Å²) < 4.78 is 5.14. The second kappa shape index (κ2) is 7.02. The summed E-state index contributed by atoms with van der Waals surface area (Å²) in [7, 11) is 1.63. The van der Waals surface area contributed by atoms with Crippen molar-refractivity contribution in [2.75, 3.05) is 13.7 Å². The molecular weight excluding hydrogens is 292 g/mol. The third-order valence-corrected chi connectivity index (χ3v) is 4.82. The Labute approximate surface area is 137 Å². The number of benzene rings is 1. The number of carbonyl (C=O) groups is 2. The van der Waals surface area contributed by atoms with Gasteiger partial charge < -0.3 is 15.0 Å². The molecule has 0 bridgehead atoms. The molecule has 1 saturated heterocycles. The molecule has 5 nitrogen and oxygen atoms in total. The van der Waals surface area contributed by atoms with E-state index in [1.165, 1.54) is 12.8 Å². The fraction of sp³-hybridized carbons (Fsp3) is 0.556. The highest BCUT2D eigenvalue weighted by Crippen LogP contribution is 2.23. The van der Waals surface area contributed by atoms with Gasteiger partial charge in [-0.15, -0.1) is 0 Å². The van der Waals surface area contributed by atoms with Crippen LogP contribution in [-0.4, -0.2) is 36.4 Å². The molecule has 1 N–H and O–H groups in total. The quantitative estimate of drug-likeness (QED) is 0.905. The van der Waals surface area contributed by atoms with E-state index >= 15 is 0 Å². The highest BCUT2D eigenvalue weighted by Gasteiger charge is 2.35. The van der Waals surface area contributed by atoms with Gasteiger partial charge in [0.15, 0.2) is 0 Å². The maximum absolute atomic E-state index is 12.3. The van der Waals surface area contributed by atoms with E-state index in [9.17, 15) is 9.59 Å². The first kappa shape index (κ1) is 15.8. The standard InChI is InChI=1S/C18H24N2O3/c1-23-16-8-6-13(7-9-16)11-20-12-14(10-17(20)21)18(22)19-15-4-2-3-5-15/h6-9,14-15H,2-5,10-12H2,1H3,(H,19,22)/t14-/m1/s1. The molecule has 23 heavy (non-hydrogen) atoms. The summed E-state index contributed by atoms with van der Waals surface area (Å²) in [5.74, 6) is 0.700. The third-order valence-electron chi connectivity index (χ3n) is 4.82. The number of amides is 2. The smallest absolute Gasteiger partial charge is 0.225 e. The Morgan fingerprint density at radius 1 is 1.26 bits per heavy atom. The molecule has 1 aromatic rings. The molecule has 5 heteroatoms. The van der Waals surface area contributed by atoms with Crippen molar-refractivity contribution in [3.63, 3.8) is 0 Å². The summed E-state index contributed by atoms with van der Waals surface area (Å²) in [6, 6.07) is 8.00. The Morgan fingerprint density at radius 3 is 2.61 bits per heavy atom. The zero-order chi connectivity index (χ0) is 16.2. The first-order valence-corrected chi connectivity index (χ1v) is 8.37.